The lowest BCUT2D eigenvalue weighted by Crippen LogP contribution is -2.30. The molecule has 0 saturated carbocycles. The maximum absolute atomic E-state index is 11.6. The first kappa shape index (κ1) is 16.3. The molecule has 3 nitrogen and oxygen atoms in total. The Labute approximate surface area is 152 Å². The van der Waals surface area contributed by atoms with E-state index in [1.165, 1.54) is 0 Å². The van der Waals surface area contributed by atoms with E-state index in [0.29, 0.717) is 17.6 Å². The van der Waals surface area contributed by atoms with Crippen molar-refractivity contribution in [2.24, 2.45) is 0 Å². The summed E-state index contributed by atoms with van der Waals surface area (Å²) in [5.41, 5.74) is 1.69. The number of hydrogen-bond donors (Lipinski definition) is 2. The van der Waals surface area contributed by atoms with E-state index in [1.807, 2.05) is 78.9 Å². The average Bonchev–Trinajstić information content (AvgIpc) is 2.70. The van der Waals surface area contributed by atoms with E-state index in [2.05, 4.69) is 4.98 Å². The standard InChI is InChI=1S/C23H19NO2/c25-21-13-7-8-17-14-15-20(24-22(17)21)16-23(26,18-9-3-1-4-10-18)19-11-5-2-6-12-19/h1-15,25-26H,16H2. The number of phenols is 1. The molecule has 0 atom stereocenters. The van der Waals surface area contributed by atoms with Gasteiger partial charge in [0.15, 0.2) is 0 Å². The van der Waals surface area contributed by atoms with Crippen molar-refractivity contribution in [3.8, 4) is 5.75 Å². The fourth-order valence-corrected chi connectivity index (χ4v) is 3.33. The normalized spacial score (nSPS) is 11.6. The van der Waals surface area contributed by atoms with Crippen LogP contribution in [-0.2, 0) is 12.0 Å². The van der Waals surface area contributed by atoms with Crippen LogP contribution in [0.2, 0.25) is 0 Å². The molecule has 0 unspecified atom stereocenters. The second kappa shape index (κ2) is 6.62. The van der Waals surface area contributed by atoms with E-state index in [0.717, 1.165) is 16.5 Å². The van der Waals surface area contributed by atoms with Crippen molar-refractivity contribution in [3.63, 3.8) is 0 Å². The minimum atomic E-state index is -1.20. The van der Waals surface area contributed by atoms with Crippen LogP contribution in [0.5, 0.6) is 5.75 Å². The summed E-state index contributed by atoms with van der Waals surface area (Å²) in [5, 5.41) is 22.6. The average molecular weight is 341 g/mol. The minimum Gasteiger partial charge on any atom is -0.506 e. The Balaban J connectivity index is 1.82. The second-order valence-corrected chi connectivity index (χ2v) is 6.42. The van der Waals surface area contributed by atoms with Crippen LogP contribution in [0.3, 0.4) is 0 Å². The van der Waals surface area contributed by atoms with Crippen molar-refractivity contribution >= 4 is 10.9 Å². The molecule has 26 heavy (non-hydrogen) atoms. The highest BCUT2D eigenvalue weighted by Crippen LogP contribution is 2.33. The van der Waals surface area contributed by atoms with Gasteiger partial charge in [-0.15, -0.1) is 0 Å². The first-order valence-electron chi connectivity index (χ1n) is 8.58. The first-order valence-corrected chi connectivity index (χ1v) is 8.58. The van der Waals surface area contributed by atoms with Gasteiger partial charge in [-0.25, -0.2) is 4.98 Å². The highest BCUT2D eigenvalue weighted by molar-refractivity contribution is 5.84. The number of aromatic hydroxyl groups is 1. The summed E-state index contributed by atoms with van der Waals surface area (Å²) >= 11 is 0. The fourth-order valence-electron chi connectivity index (χ4n) is 3.33. The molecule has 2 N–H and O–H groups in total. The number of nitrogens with zero attached hydrogens (tertiary/aromatic N) is 1. The van der Waals surface area contributed by atoms with Crippen LogP contribution < -0.4 is 0 Å². The summed E-state index contributed by atoms with van der Waals surface area (Å²) in [6.45, 7) is 0. The molecule has 0 spiro atoms. The summed E-state index contributed by atoms with van der Waals surface area (Å²) in [5.74, 6) is 0.146. The Bertz CT molecular complexity index is 990. The maximum atomic E-state index is 11.6. The van der Waals surface area contributed by atoms with Gasteiger partial charge >= 0.3 is 0 Å². The summed E-state index contributed by atoms with van der Waals surface area (Å²) in [4.78, 5) is 4.60. The predicted octanol–water partition coefficient (Wildman–Crippen LogP) is 4.42. The van der Waals surface area contributed by atoms with Gasteiger partial charge in [0, 0.05) is 17.5 Å². The van der Waals surface area contributed by atoms with E-state index >= 15 is 0 Å². The van der Waals surface area contributed by atoms with Crippen molar-refractivity contribution in [2.45, 2.75) is 12.0 Å². The van der Waals surface area contributed by atoms with Gasteiger partial charge in [-0.1, -0.05) is 78.9 Å². The predicted molar refractivity (Wildman–Crippen MR) is 103 cm³/mol. The maximum Gasteiger partial charge on any atom is 0.141 e. The molecule has 3 aromatic carbocycles. The molecular weight excluding hydrogens is 322 g/mol. The number of rotatable bonds is 4. The zero-order valence-corrected chi connectivity index (χ0v) is 14.2. The van der Waals surface area contributed by atoms with Gasteiger partial charge in [0.1, 0.15) is 16.9 Å². The van der Waals surface area contributed by atoms with Gasteiger partial charge in [0.25, 0.3) is 0 Å². The molecule has 0 bridgehead atoms. The Morgan fingerprint density at radius 3 is 1.92 bits per heavy atom. The van der Waals surface area contributed by atoms with Gasteiger partial charge < -0.3 is 10.2 Å². The minimum absolute atomic E-state index is 0.146. The number of phenolic OH excluding ortho intramolecular Hbond substituents is 1. The van der Waals surface area contributed by atoms with Crippen LogP contribution in [0.15, 0.2) is 91.0 Å². The largest absolute Gasteiger partial charge is 0.506 e. The first-order chi connectivity index (χ1) is 12.7. The lowest BCUT2D eigenvalue weighted by atomic mass is 9.82. The number of para-hydroxylation sites is 1. The quantitative estimate of drug-likeness (QED) is 0.578. The molecule has 0 radical (unpaired) electrons. The molecule has 0 aliphatic carbocycles. The van der Waals surface area contributed by atoms with Crippen molar-refractivity contribution < 1.29 is 10.2 Å². The van der Waals surface area contributed by atoms with Crippen LogP contribution in [0.1, 0.15) is 16.8 Å². The van der Waals surface area contributed by atoms with E-state index < -0.39 is 5.60 Å². The molecule has 0 saturated heterocycles. The Morgan fingerprint density at radius 2 is 1.31 bits per heavy atom. The lowest BCUT2D eigenvalue weighted by Gasteiger charge is -2.29. The topological polar surface area (TPSA) is 53.4 Å². The van der Waals surface area contributed by atoms with Crippen LogP contribution in [0.4, 0.5) is 0 Å². The third-order valence-electron chi connectivity index (χ3n) is 4.70. The van der Waals surface area contributed by atoms with Gasteiger partial charge in [-0.05, 0) is 23.3 Å². The Kier molecular flexibility index (Phi) is 4.15. The van der Waals surface area contributed by atoms with E-state index in [-0.39, 0.29) is 5.75 Å². The van der Waals surface area contributed by atoms with Crippen LogP contribution in [0, 0.1) is 0 Å². The highest BCUT2D eigenvalue weighted by Gasteiger charge is 2.32. The zero-order chi connectivity index (χ0) is 18.0. The lowest BCUT2D eigenvalue weighted by molar-refractivity contribution is 0.0801. The van der Waals surface area contributed by atoms with Crippen molar-refractivity contribution in [1.82, 2.24) is 4.98 Å². The van der Waals surface area contributed by atoms with Gasteiger partial charge in [0.05, 0.1) is 0 Å². The number of fused-ring (bicyclic) bond motifs is 1. The Hall–Kier alpha value is -3.17. The highest BCUT2D eigenvalue weighted by atomic mass is 16.3. The molecule has 4 rings (SSSR count). The Morgan fingerprint density at radius 1 is 0.692 bits per heavy atom. The van der Waals surface area contributed by atoms with E-state index in [9.17, 15) is 10.2 Å². The SMILES string of the molecule is Oc1cccc2ccc(CC(O)(c3ccccc3)c3ccccc3)nc12. The monoisotopic (exact) mass is 341 g/mol. The number of pyridine rings is 1. The summed E-state index contributed by atoms with van der Waals surface area (Å²) in [7, 11) is 0. The molecule has 0 aliphatic heterocycles. The van der Waals surface area contributed by atoms with E-state index in [4.69, 9.17) is 0 Å². The van der Waals surface area contributed by atoms with Crippen LogP contribution in [0.25, 0.3) is 10.9 Å². The molecule has 1 heterocycles. The fraction of sp³-hybridized carbons (Fsp3) is 0.0870. The number of aromatic nitrogens is 1. The molecule has 0 fully saturated rings. The van der Waals surface area contributed by atoms with Crippen LogP contribution >= 0.6 is 0 Å². The van der Waals surface area contributed by atoms with Crippen molar-refractivity contribution in [1.29, 1.82) is 0 Å². The second-order valence-electron chi connectivity index (χ2n) is 6.42. The van der Waals surface area contributed by atoms with Gasteiger partial charge in [0.2, 0.25) is 0 Å². The third-order valence-corrected chi connectivity index (χ3v) is 4.70. The molecule has 4 aromatic rings. The smallest absolute Gasteiger partial charge is 0.141 e. The summed E-state index contributed by atoms with van der Waals surface area (Å²) in [6.07, 6.45) is 0.311. The zero-order valence-electron chi connectivity index (χ0n) is 14.2. The van der Waals surface area contributed by atoms with Crippen molar-refractivity contribution in [2.75, 3.05) is 0 Å². The van der Waals surface area contributed by atoms with Gasteiger partial charge in [-0.2, -0.15) is 0 Å². The molecule has 0 amide bonds. The molecule has 1 aromatic heterocycles. The number of hydrogen-bond acceptors (Lipinski definition) is 3. The summed E-state index contributed by atoms with van der Waals surface area (Å²) in [6, 6.07) is 28.4. The number of aliphatic hydroxyl groups is 1. The molecule has 0 aliphatic rings. The molecule has 3 heteroatoms. The third kappa shape index (κ3) is 2.93. The van der Waals surface area contributed by atoms with Gasteiger partial charge in [-0.3, -0.25) is 0 Å². The molecular formula is C23H19NO2. The molecule has 128 valence electrons. The summed E-state index contributed by atoms with van der Waals surface area (Å²) < 4.78 is 0. The van der Waals surface area contributed by atoms with E-state index in [1.54, 1.807) is 12.1 Å². The van der Waals surface area contributed by atoms with Crippen LogP contribution in [-0.4, -0.2) is 15.2 Å². The van der Waals surface area contributed by atoms with Crippen molar-refractivity contribution in [3.05, 3.63) is 108 Å². The number of benzene rings is 3.